The number of nitrogens with zero attached hydrogens (tertiary/aromatic N) is 3. The fraction of sp³-hybridized carbons (Fsp3) is 0.429. The van der Waals surface area contributed by atoms with Gasteiger partial charge in [-0.2, -0.15) is 4.98 Å². The van der Waals surface area contributed by atoms with Gasteiger partial charge in [0, 0.05) is 42.6 Å². The molecule has 0 bridgehead atoms. The van der Waals surface area contributed by atoms with Crippen molar-refractivity contribution < 1.29 is 4.52 Å². The predicted molar refractivity (Wildman–Crippen MR) is 81.7 cm³/mol. The predicted octanol–water partition coefficient (Wildman–Crippen LogP) is 2.37. The van der Waals surface area contributed by atoms with Gasteiger partial charge in [0.25, 0.3) is 0 Å². The van der Waals surface area contributed by atoms with Crippen LogP contribution < -0.4 is 5.32 Å². The molecule has 1 saturated heterocycles. The maximum Gasteiger partial charge on any atom is 0.240 e. The van der Waals surface area contributed by atoms with Gasteiger partial charge in [-0.05, 0) is 17.7 Å². The Balaban J connectivity index is 1.67. The molecule has 21 heavy (non-hydrogen) atoms. The molecule has 0 saturated carbocycles. The number of aromatic nitrogens is 2. The van der Waals surface area contributed by atoms with E-state index < -0.39 is 0 Å². The van der Waals surface area contributed by atoms with Crippen molar-refractivity contribution in [2.24, 2.45) is 0 Å². The minimum atomic E-state index is 0.476. The molecular weight excluding hydrogens is 311 g/mol. The lowest BCUT2D eigenvalue weighted by atomic mass is 10.1. The molecule has 0 radical (unpaired) electrons. The van der Waals surface area contributed by atoms with E-state index in [1.54, 1.807) is 0 Å². The molecule has 112 valence electrons. The van der Waals surface area contributed by atoms with E-state index in [1.807, 2.05) is 18.2 Å². The summed E-state index contributed by atoms with van der Waals surface area (Å²) in [5.74, 6) is 1.24. The van der Waals surface area contributed by atoms with E-state index in [9.17, 15) is 0 Å². The second-order valence-corrected chi connectivity index (χ2v) is 5.82. The standard InChI is InChI=1S/C14H16Cl2N4O/c15-11-2-1-3-12(16)10(11)8-13-18-14(21-19-13)9-20-6-4-17-5-7-20/h1-3,17H,4-9H2. The van der Waals surface area contributed by atoms with E-state index in [-0.39, 0.29) is 0 Å². The molecule has 0 spiro atoms. The maximum absolute atomic E-state index is 6.16. The summed E-state index contributed by atoms with van der Waals surface area (Å²) in [6.45, 7) is 4.67. The van der Waals surface area contributed by atoms with Crippen molar-refractivity contribution in [3.8, 4) is 0 Å². The summed E-state index contributed by atoms with van der Waals surface area (Å²) in [6.07, 6.45) is 0.476. The monoisotopic (exact) mass is 326 g/mol. The Morgan fingerprint density at radius 3 is 2.62 bits per heavy atom. The average molecular weight is 327 g/mol. The first kappa shape index (κ1) is 14.8. The molecule has 0 amide bonds. The summed E-state index contributed by atoms with van der Waals surface area (Å²) in [5, 5.41) is 8.57. The summed E-state index contributed by atoms with van der Waals surface area (Å²) in [6, 6.07) is 5.44. The van der Waals surface area contributed by atoms with Crippen LogP contribution in [0.25, 0.3) is 0 Å². The van der Waals surface area contributed by atoms with E-state index >= 15 is 0 Å². The van der Waals surface area contributed by atoms with Crippen molar-refractivity contribution in [3.05, 3.63) is 45.5 Å². The number of hydrogen-bond acceptors (Lipinski definition) is 5. The average Bonchev–Trinajstić information content (AvgIpc) is 2.91. The third-order valence-electron chi connectivity index (χ3n) is 3.48. The molecule has 3 rings (SSSR count). The van der Waals surface area contributed by atoms with Crippen LogP contribution in [-0.4, -0.2) is 41.2 Å². The molecule has 2 aromatic rings. The van der Waals surface area contributed by atoms with Crippen LogP contribution in [-0.2, 0) is 13.0 Å². The van der Waals surface area contributed by atoms with Gasteiger partial charge in [0.15, 0.2) is 5.82 Å². The summed E-state index contributed by atoms with van der Waals surface area (Å²) < 4.78 is 5.31. The van der Waals surface area contributed by atoms with Crippen LogP contribution in [0.5, 0.6) is 0 Å². The number of halogens is 2. The summed E-state index contributed by atoms with van der Waals surface area (Å²) in [7, 11) is 0. The van der Waals surface area contributed by atoms with Gasteiger partial charge in [-0.3, -0.25) is 4.90 Å². The molecular formula is C14H16Cl2N4O. The highest BCUT2D eigenvalue weighted by atomic mass is 35.5. The number of rotatable bonds is 4. The molecule has 1 aromatic carbocycles. The van der Waals surface area contributed by atoms with Gasteiger partial charge in [0.1, 0.15) is 0 Å². The fourth-order valence-corrected chi connectivity index (χ4v) is 2.88. The first-order valence-electron chi connectivity index (χ1n) is 6.90. The van der Waals surface area contributed by atoms with E-state index in [2.05, 4.69) is 20.4 Å². The normalized spacial score (nSPS) is 16.3. The van der Waals surface area contributed by atoms with Gasteiger partial charge in [0.2, 0.25) is 5.89 Å². The molecule has 0 unspecified atom stereocenters. The lowest BCUT2D eigenvalue weighted by Crippen LogP contribution is -2.42. The minimum Gasteiger partial charge on any atom is -0.338 e. The molecule has 1 N–H and O–H groups in total. The zero-order valence-electron chi connectivity index (χ0n) is 11.5. The first-order chi connectivity index (χ1) is 10.2. The number of benzene rings is 1. The van der Waals surface area contributed by atoms with E-state index in [4.69, 9.17) is 27.7 Å². The van der Waals surface area contributed by atoms with Crippen molar-refractivity contribution in [3.63, 3.8) is 0 Å². The van der Waals surface area contributed by atoms with Gasteiger partial charge in [-0.25, -0.2) is 0 Å². The van der Waals surface area contributed by atoms with Crippen LogP contribution in [0, 0.1) is 0 Å². The van der Waals surface area contributed by atoms with Crippen LogP contribution in [0.1, 0.15) is 17.3 Å². The number of hydrogen-bond donors (Lipinski definition) is 1. The summed E-state index contributed by atoms with van der Waals surface area (Å²) >= 11 is 12.3. The van der Waals surface area contributed by atoms with E-state index in [1.165, 1.54) is 0 Å². The fourth-order valence-electron chi connectivity index (χ4n) is 2.35. The zero-order chi connectivity index (χ0) is 14.7. The Morgan fingerprint density at radius 2 is 1.90 bits per heavy atom. The first-order valence-corrected chi connectivity index (χ1v) is 7.65. The third kappa shape index (κ3) is 3.74. The highest BCUT2D eigenvalue weighted by Crippen LogP contribution is 2.26. The number of piperazine rings is 1. The third-order valence-corrected chi connectivity index (χ3v) is 4.18. The van der Waals surface area contributed by atoms with Crippen LogP contribution in [0.15, 0.2) is 22.7 Å². The second kappa shape index (κ2) is 6.75. The van der Waals surface area contributed by atoms with Gasteiger partial charge in [-0.15, -0.1) is 0 Å². The lowest BCUT2D eigenvalue weighted by molar-refractivity contribution is 0.203. The van der Waals surface area contributed by atoms with Crippen molar-refractivity contribution in [1.29, 1.82) is 0 Å². The van der Waals surface area contributed by atoms with E-state index in [0.717, 1.165) is 31.7 Å². The molecule has 2 heterocycles. The number of nitrogens with one attached hydrogen (secondary N) is 1. The Hall–Kier alpha value is -1.14. The summed E-state index contributed by atoms with van der Waals surface area (Å²) in [5.41, 5.74) is 0.829. The van der Waals surface area contributed by atoms with Crippen LogP contribution in [0.3, 0.4) is 0 Å². The Labute approximate surface area is 133 Å². The molecule has 0 aliphatic carbocycles. The van der Waals surface area contributed by atoms with Crippen molar-refractivity contribution >= 4 is 23.2 Å². The van der Waals surface area contributed by atoms with Crippen LogP contribution in [0.4, 0.5) is 0 Å². The highest BCUT2D eigenvalue weighted by molar-refractivity contribution is 6.36. The zero-order valence-corrected chi connectivity index (χ0v) is 13.0. The summed E-state index contributed by atoms with van der Waals surface area (Å²) in [4.78, 5) is 6.71. The SMILES string of the molecule is Clc1cccc(Cl)c1Cc1noc(CN2CCNCC2)n1. The Morgan fingerprint density at radius 1 is 1.19 bits per heavy atom. The molecule has 1 aliphatic rings. The van der Waals surface area contributed by atoms with E-state index in [0.29, 0.717) is 34.7 Å². The molecule has 5 nitrogen and oxygen atoms in total. The van der Waals surface area contributed by atoms with Gasteiger partial charge in [0.05, 0.1) is 6.54 Å². The Bertz CT molecular complexity index is 591. The van der Waals surface area contributed by atoms with Gasteiger partial charge < -0.3 is 9.84 Å². The maximum atomic E-state index is 6.16. The van der Waals surface area contributed by atoms with Crippen LogP contribution >= 0.6 is 23.2 Å². The van der Waals surface area contributed by atoms with Crippen molar-refractivity contribution in [1.82, 2.24) is 20.4 Å². The lowest BCUT2D eigenvalue weighted by Gasteiger charge is -2.25. The van der Waals surface area contributed by atoms with Crippen LogP contribution in [0.2, 0.25) is 10.0 Å². The quantitative estimate of drug-likeness (QED) is 0.934. The Kier molecular flexibility index (Phi) is 4.75. The largest absolute Gasteiger partial charge is 0.338 e. The molecule has 1 aromatic heterocycles. The van der Waals surface area contributed by atoms with Gasteiger partial charge >= 0.3 is 0 Å². The molecule has 1 aliphatic heterocycles. The van der Waals surface area contributed by atoms with Crippen molar-refractivity contribution in [2.75, 3.05) is 26.2 Å². The molecule has 0 atom stereocenters. The van der Waals surface area contributed by atoms with Gasteiger partial charge in [-0.1, -0.05) is 34.4 Å². The smallest absolute Gasteiger partial charge is 0.240 e. The minimum absolute atomic E-state index is 0.476. The highest BCUT2D eigenvalue weighted by Gasteiger charge is 2.15. The molecule has 7 heteroatoms. The second-order valence-electron chi connectivity index (χ2n) is 5.01. The molecule has 1 fully saturated rings. The van der Waals surface area contributed by atoms with Crippen molar-refractivity contribution in [2.45, 2.75) is 13.0 Å². The topological polar surface area (TPSA) is 54.2 Å².